The van der Waals surface area contributed by atoms with E-state index in [1.807, 2.05) is 18.2 Å². The number of carboxylic acids is 1. The molecule has 182 valence electrons. The molecule has 1 atom stereocenters. The number of nitrogens with one attached hydrogen (secondary N) is 2. The Morgan fingerprint density at radius 2 is 1.51 bits per heavy atom. The van der Waals surface area contributed by atoms with Crippen LogP contribution in [-0.4, -0.2) is 28.1 Å². The number of amides is 2. The SMILES string of the molecule is CC(Sc1cccc(NC(=O)c2c(Cl)c(Cl)c(Cl)c(Cl)c2C(=O)O)c1)C(=O)Nc1ccccc1Br. The highest BCUT2D eigenvalue weighted by molar-refractivity contribution is 9.10. The molecule has 0 aromatic heterocycles. The summed E-state index contributed by atoms with van der Waals surface area (Å²) in [7, 11) is 0. The van der Waals surface area contributed by atoms with E-state index in [9.17, 15) is 19.5 Å². The van der Waals surface area contributed by atoms with Crippen molar-refractivity contribution >= 4 is 103 Å². The van der Waals surface area contributed by atoms with Crippen LogP contribution in [0.3, 0.4) is 0 Å². The molecule has 0 aliphatic carbocycles. The maximum absolute atomic E-state index is 13.0. The highest BCUT2D eigenvalue weighted by atomic mass is 79.9. The molecule has 0 aliphatic heterocycles. The van der Waals surface area contributed by atoms with Crippen LogP contribution in [0.25, 0.3) is 0 Å². The number of thioether (sulfide) groups is 1. The van der Waals surface area contributed by atoms with Gasteiger partial charge in [0.1, 0.15) is 0 Å². The minimum Gasteiger partial charge on any atom is -0.478 e. The zero-order valence-corrected chi connectivity index (χ0v) is 23.1. The van der Waals surface area contributed by atoms with E-state index in [4.69, 9.17) is 46.4 Å². The predicted molar refractivity (Wildman–Crippen MR) is 146 cm³/mol. The molecule has 6 nitrogen and oxygen atoms in total. The smallest absolute Gasteiger partial charge is 0.338 e. The minimum atomic E-state index is -1.49. The summed E-state index contributed by atoms with van der Waals surface area (Å²) in [6, 6.07) is 13.9. The maximum atomic E-state index is 13.0. The molecule has 0 spiro atoms. The fourth-order valence-corrected chi connectivity index (χ4v) is 5.27. The van der Waals surface area contributed by atoms with E-state index in [0.717, 1.165) is 4.47 Å². The first-order valence-electron chi connectivity index (χ1n) is 9.74. The lowest BCUT2D eigenvalue weighted by Gasteiger charge is -2.15. The average Bonchev–Trinajstić information content (AvgIpc) is 2.81. The van der Waals surface area contributed by atoms with Crippen LogP contribution in [0.2, 0.25) is 20.1 Å². The number of benzene rings is 3. The Morgan fingerprint density at radius 1 is 0.886 bits per heavy atom. The minimum absolute atomic E-state index is 0.209. The second-order valence-corrected chi connectivity index (χ2v) is 10.8. The highest BCUT2D eigenvalue weighted by Gasteiger charge is 2.29. The van der Waals surface area contributed by atoms with Gasteiger partial charge in [0.2, 0.25) is 5.91 Å². The first kappa shape index (κ1) is 27.6. The van der Waals surface area contributed by atoms with Gasteiger partial charge < -0.3 is 15.7 Å². The second kappa shape index (κ2) is 11.9. The third-order valence-electron chi connectivity index (χ3n) is 4.61. The van der Waals surface area contributed by atoms with Crippen molar-refractivity contribution < 1.29 is 19.5 Å². The fourth-order valence-electron chi connectivity index (χ4n) is 2.94. The number of halogens is 5. The fraction of sp³-hybridized carbons (Fsp3) is 0.0870. The number of hydrogen-bond acceptors (Lipinski definition) is 4. The molecular formula is C23H15BrCl4N2O4S. The predicted octanol–water partition coefficient (Wildman–Crippen LogP) is 8.13. The van der Waals surface area contributed by atoms with Crippen molar-refractivity contribution in [3.05, 3.63) is 84.2 Å². The van der Waals surface area contributed by atoms with Gasteiger partial charge in [-0.25, -0.2) is 4.79 Å². The van der Waals surface area contributed by atoms with E-state index in [1.165, 1.54) is 11.8 Å². The third kappa shape index (κ3) is 6.44. The Labute approximate surface area is 233 Å². The highest BCUT2D eigenvalue weighted by Crippen LogP contribution is 2.42. The molecule has 0 heterocycles. The van der Waals surface area contributed by atoms with Crippen molar-refractivity contribution in [2.75, 3.05) is 10.6 Å². The normalized spacial score (nSPS) is 11.6. The molecule has 0 radical (unpaired) electrons. The van der Waals surface area contributed by atoms with E-state index in [-0.39, 0.29) is 21.0 Å². The average molecular weight is 637 g/mol. The van der Waals surface area contributed by atoms with E-state index in [0.29, 0.717) is 16.3 Å². The van der Waals surface area contributed by atoms with Gasteiger partial charge in [-0.1, -0.05) is 64.6 Å². The molecule has 35 heavy (non-hydrogen) atoms. The number of carboxylic acid groups (broad SMARTS) is 1. The van der Waals surface area contributed by atoms with Crippen LogP contribution in [0.4, 0.5) is 11.4 Å². The van der Waals surface area contributed by atoms with E-state index < -0.39 is 33.3 Å². The Balaban J connectivity index is 1.79. The maximum Gasteiger partial charge on any atom is 0.338 e. The summed E-state index contributed by atoms with van der Waals surface area (Å²) in [5.41, 5.74) is 0.00893. The van der Waals surface area contributed by atoms with Gasteiger partial charge in [0, 0.05) is 15.1 Å². The number of para-hydroxylation sites is 1. The van der Waals surface area contributed by atoms with Crippen molar-refractivity contribution in [3.8, 4) is 0 Å². The summed E-state index contributed by atoms with van der Waals surface area (Å²) in [4.78, 5) is 38.0. The molecule has 3 rings (SSSR count). The van der Waals surface area contributed by atoms with Gasteiger partial charge in [0.15, 0.2) is 0 Å². The van der Waals surface area contributed by atoms with E-state index in [2.05, 4.69) is 26.6 Å². The molecule has 0 fully saturated rings. The number of rotatable bonds is 7. The zero-order valence-electron chi connectivity index (χ0n) is 17.7. The summed E-state index contributed by atoms with van der Waals surface area (Å²) < 4.78 is 0.761. The lowest BCUT2D eigenvalue weighted by molar-refractivity contribution is -0.115. The van der Waals surface area contributed by atoms with Crippen LogP contribution in [0.1, 0.15) is 27.6 Å². The molecule has 3 aromatic carbocycles. The largest absolute Gasteiger partial charge is 0.478 e. The van der Waals surface area contributed by atoms with Crippen molar-refractivity contribution in [2.24, 2.45) is 0 Å². The number of anilines is 2. The van der Waals surface area contributed by atoms with Crippen molar-refractivity contribution in [3.63, 3.8) is 0 Å². The quantitative estimate of drug-likeness (QED) is 0.138. The lowest BCUT2D eigenvalue weighted by atomic mass is 10.1. The molecule has 0 saturated carbocycles. The molecule has 3 N–H and O–H groups in total. The Morgan fingerprint density at radius 3 is 2.14 bits per heavy atom. The van der Waals surface area contributed by atoms with E-state index in [1.54, 1.807) is 37.3 Å². The Hall–Kier alpha value is -1.94. The van der Waals surface area contributed by atoms with Gasteiger partial charge in [0.05, 0.1) is 42.2 Å². The van der Waals surface area contributed by atoms with Gasteiger partial charge in [0.25, 0.3) is 5.91 Å². The monoisotopic (exact) mass is 634 g/mol. The van der Waals surface area contributed by atoms with Gasteiger partial charge in [-0.15, -0.1) is 11.8 Å². The molecule has 3 aromatic rings. The van der Waals surface area contributed by atoms with E-state index >= 15 is 0 Å². The summed E-state index contributed by atoms with van der Waals surface area (Å²) in [6.07, 6.45) is 0. The molecule has 0 saturated heterocycles. The molecular weight excluding hydrogens is 622 g/mol. The summed E-state index contributed by atoms with van der Waals surface area (Å²) in [5.74, 6) is -2.54. The van der Waals surface area contributed by atoms with Gasteiger partial charge in [-0.05, 0) is 53.2 Å². The third-order valence-corrected chi connectivity index (χ3v) is 8.20. The zero-order chi connectivity index (χ0) is 25.9. The standard InChI is InChI=1S/C23H15BrCl4N2O4S/c1-10(21(31)30-14-8-3-2-7-13(14)24)35-12-6-4-5-11(9-12)29-22(32)15-16(23(33)34)18(26)20(28)19(27)17(15)25/h2-10H,1H3,(H,29,32)(H,30,31)(H,33,34). The first-order valence-corrected chi connectivity index (χ1v) is 12.9. The summed E-state index contributed by atoms with van der Waals surface area (Å²) in [6.45, 7) is 1.75. The Kier molecular flexibility index (Phi) is 9.37. The second-order valence-electron chi connectivity index (χ2n) is 7.02. The lowest BCUT2D eigenvalue weighted by Crippen LogP contribution is -2.22. The Bertz CT molecular complexity index is 1340. The number of carbonyl (C=O) groups excluding carboxylic acids is 2. The van der Waals surface area contributed by atoms with Gasteiger partial charge in [-0.2, -0.15) is 0 Å². The molecule has 12 heteroatoms. The van der Waals surface area contributed by atoms with Gasteiger partial charge in [-0.3, -0.25) is 9.59 Å². The van der Waals surface area contributed by atoms with Crippen molar-refractivity contribution in [1.29, 1.82) is 0 Å². The van der Waals surface area contributed by atoms with Gasteiger partial charge >= 0.3 is 5.97 Å². The van der Waals surface area contributed by atoms with Crippen LogP contribution < -0.4 is 10.6 Å². The molecule has 1 unspecified atom stereocenters. The topological polar surface area (TPSA) is 95.5 Å². The number of carbonyl (C=O) groups is 3. The van der Waals surface area contributed by atoms with Crippen LogP contribution in [0.15, 0.2) is 57.9 Å². The van der Waals surface area contributed by atoms with Crippen molar-refractivity contribution in [1.82, 2.24) is 0 Å². The summed E-state index contributed by atoms with van der Waals surface area (Å²) in [5, 5.41) is 13.3. The molecule has 2 amide bonds. The summed E-state index contributed by atoms with van der Waals surface area (Å²) >= 11 is 28.8. The van der Waals surface area contributed by atoms with Crippen LogP contribution in [0.5, 0.6) is 0 Å². The number of hydrogen-bond donors (Lipinski definition) is 3. The van der Waals surface area contributed by atoms with Crippen LogP contribution in [0, 0.1) is 0 Å². The first-order chi connectivity index (χ1) is 16.5. The molecule has 0 bridgehead atoms. The molecule has 0 aliphatic rings. The van der Waals surface area contributed by atoms with Crippen LogP contribution >= 0.6 is 74.1 Å². The number of aromatic carboxylic acids is 1. The van der Waals surface area contributed by atoms with Crippen molar-refractivity contribution in [2.45, 2.75) is 17.1 Å². The van der Waals surface area contributed by atoms with Crippen LogP contribution in [-0.2, 0) is 4.79 Å².